The van der Waals surface area contributed by atoms with E-state index in [-0.39, 0.29) is 20.9 Å². The van der Waals surface area contributed by atoms with Crippen LogP contribution in [0.2, 0.25) is 5.02 Å². The molecule has 142 valence electrons. The second-order valence-electron chi connectivity index (χ2n) is 5.79. The van der Waals surface area contributed by atoms with Crippen molar-refractivity contribution in [1.29, 1.82) is 0 Å². The van der Waals surface area contributed by atoms with Gasteiger partial charge in [0.15, 0.2) is 5.76 Å². The Bertz CT molecular complexity index is 1190. The molecule has 2 aromatic heterocycles. The molecule has 0 N–H and O–H groups in total. The molecule has 0 aliphatic carbocycles. The van der Waals surface area contributed by atoms with Gasteiger partial charge in [-0.05, 0) is 35.9 Å². The molecular weight excluding hydrogens is 418 g/mol. The van der Waals surface area contributed by atoms with Gasteiger partial charge in [0.25, 0.3) is 5.89 Å². The largest absolute Gasteiger partial charge is 0.459 e. The Balaban J connectivity index is 1.75. The van der Waals surface area contributed by atoms with Crippen LogP contribution in [-0.2, 0) is 15.6 Å². The Hall–Kier alpha value is -2.48. The van der Waals surface area contributed by atoms with Crippen LogP contribution in [0.5, 0.6) is 0 Å². The molecule has 4 aromatic rings. The Morgan fingerprint density at radius 1 is 0.964 bits per heavy atom. The van der Waals surface area contributed by atoms with Crippen LogP contribution >= 0.6 is 23.4 Å². The molecule has 0 atom stereocenters. The monoisotopic (exact) mass is 431 g/mol. The normalized spacial score (nSPS) is 11.6. The summed E-state index contributed by atoms with van der Waals surface area (Å²) in [5.74, 6) is 0.902. The number of thioether (sulfide) groups is 1. The van der Waals surface area contributed by atoms with Crippen molar-refractivity contribution in [1.82, 2.24) is 4.98 Å². The van der Waals surface area contributed by atoms with E-state index in [1.807, 2.05) is 18.2 Å². The third-order valence-electron chi connectivity index (χ3n) is 3.92. The van der Waals surface area contributed by atoms with E-state index in [9.17, 15) is 8.42 Å². The number of aromatic nitrogens is 1. The van der Waals surface area contributed by atoms with Crippen molar-refractivity contribution < 1.29 is 17.3 Å². The van der Waals surface area contributed by atoms with Crippen molar-refractivity contribution in [3.63, 3.8) is 0 Å². The molecule has 28 heavy (non-hydrogen) atoms. The average Bonchev–Trinajstić information content (AvgIpc) is 3.38. The van der Waals surface area contributed by atoms with Gasteiger partial charge in [0.1, 0.15) is 0 Å². The third kappa shape index (κ3) is 3.73. The molecule has 0 saturated heterocycles. The van der Waals surface area contributed by atoms with Gasteiger partial charge in [-0.2, -0.15) is 4.98 Å². The summed E-state index contributed by atoms with van der Waals surface area (Å²) < 4.78 is 37.3. The smallest absolute Gasteiger partial charge is 0.265 e. The van der Waals surface area contributed by atoms with Crippen molar-refractivity contribution in [2.75, 3.05) is 0 Å². The van der Waals surface area contributed by atoms with E-state index in [0.717, 1.165) is 5.56 Å². The Morgan fingerprint density at radius 3 is 2.43 bits per heavy atom. The van der Waals surface area contributed by atoms with E-state index in [2.05, 4.69) is 4.98 Å². The Labute approximate surface area is 171 Å². The fourth-order valence-electron chi connectivity index (χ4n) is 2.53. The van der Waals surface area contributed by atoms with Gasteiger partial charge in [-0.1, -0.05) is 59.8 Å². The highest BCUT2D eigenvalue weighted by Gasteiger charge is 2.29. The predicted octanol–water partition coefficient (Wildman–Crippen LogP) is 5.71. The number of rotatable bonds is 6. The number of hydrogen-bond donors (Lipinski definition) is 0. The van der Waals surface area contributed by atoms with Gasteiger partial charge in [-0.3, -0.25) is 0 Å². The van der Waals surface area contributed by atoms with E-state index in [4.69, 9.17) is 20.4 Å². The zero-order chi connectivity index (χ0) is 19.6. The SMILES string of the molecule is O=S(=O)(c1ccccc1)c1nc(-c2ccco2)oc1SCc1ccccc1Cl. The molecule has 0 aliphatic rings. The zero-order valence-corrected chi connectivity index (χ0v) is 16.8. The first-order valence-electron chi connectivity index (χ1n) is 8.27. The van der Waals surface area contributed by atoms with Gasteiger partial charge in [0.2, 0.25) is 20.0 Å². The molecule has 4 rings (SSSR count). The molecule has 0 unspecified atom stereocenters. The summed E-state index contributed by atoms with van der Waals surface area (Å²) in [5, 5.41) is 0.658. The lowest BCUT2D eigenvalue weighted by Crippen LogP contribution is -2.03. The molecule has 0 fully saturated rings. The highest BCUT2D eigenvalue weighted by atomic mass is 35.5. The summed E-state index contributed by atoms with van der Waals surface area (Å²) in [4.78, 5) is 4.38. The number of oxazole rings is 1. The maximum Gasteiger partial charge on any atom is 0.265 e. The number of sulfone groups is 1. The number of halogens is 1. The average molecular weight is 432 g/mol. The minimum atomic E-state index is -3.85. The van der Waals surface area contributed by atoms with Crippen LogP contribution in [0.3, 0.4) is 0 Å². The van der Waals surface area contributed by atoms with E-state index >= 15 is 0 Å². The summed E-state index contributed by atoms with van der Waals surface area (Å²) in [6, 6.07) is 18.9. The van der Waals surface area contributed by atoms with E-state index in [1.165, 1.54) is 30.2 Å². The lowest BCUT2D eigenvalue weighted by atomic mass is 10.2. The van der Waals surface area contributed by atoms with Crippen molar-refractivity contribution in [3.05, 3.63) is 83.6 Å². The van der Waals surface area contributed by atoms with Crippen molar-refractivity contribution in [2.45, 2.75) is 20.8 Å². The van der Waals surface area contributed by atoms with Crippen molar-refractivity contribution in [3.8, 4) is 11.7 Å². The first kappa shape index (κ1) is 18.9. The number of furan rings is 1. The second-order valence-corrected chi connectivity index (χ2v) is 9.01. The van der Waals surface area contributed by atoms with Gasteiger partial charge in [-0.15, -0.1) is 0 Å². The van der Waals surface area contributed by atoms with Crippen LogP contribution in [0.15, 0.2) is 96.8 Å². The molecule has 0 bridgehead atoms. The quantitative estimate of drug-likeness (QED) is 0.364. The summed E-state index contributed by atoms with van der Waals surface area (Å²) in [6.07, 6.45) is 1.47. The maximum absolute atomic E-state index is 13.1. The van der Waals surface area contributed by atoms with Gasteiger partial charge >= 0.3 is 0 Å². The van der Waals surface area contributed by atoms with Crippen molar-refractivity contribution >= 4 is 33.2 Å². The molecule has 5 nitrogen and oxygen atoms in total. The van der Waals surface area contributed by atoms with Gasteiger partial charge in [0.05, 0.1) is 11.2 Å². The lowest BCUT2D eigenvalue weighted by Gasteiger charge is -2.04. The minimum Gasteiger partial charge on any atom is -0.459 e. The topological polar surface area (TPSA) is 73.3 Å². The fourth-order valence-corrected chi connectivity index (χ4v) is 5.36. The first-order chi connectivity index (χ1) is 13.6. The molecule has 0 amide bonds. The minimum absolute atomic E-state index is 0.112. The molecule has 0 spiro atoms. The van der Waals surface area contributed by atoms with Gasteiger partial charge in [-0.25, -0.2) is 8.42 Å². The third-order valence-corrected chi connectivity index (χ3v) is 7.09. The van der Waals surface area contributed by atoms with Crippen molar-refractivity contribution in [2.24, 2.45) is 0 Å². The standard InChI is InChI=1S/C20H14ClNO4S2/c21-16-10-5-4-7-14(16)13-27-20-19(22-18(26-20)17-11-6-12-25-17)28(23,24)15-8-2-1-3-9-15/h1-12H,13H2. The molecule has 0 radical (unpaired) electrons. The van der Waals surface area contributed by atoms with Crippen LogP contribution in [0, 0.1) is 0 Å². The molecule has 8 heteroatoms. The van der Waals surface area contributed by atoms with Gasteiger partial charge in [0, 0.05) is 10.8 Å². The Kier molecular flexibility index (Phi) is 5.30. The molecular formula is C20H14ClNO4S2. The van der Waals surface area contributed by atoms with Crippen LogP contribution in [-0.4, -0.2) is 13.4 Å². The maximum atomic E-state index is 13.1. The molecule has 2 aromatic carbocycles. The summed E-state index contributed by atoms with van der Waals surface area (Å²) in [6.45, 7) is 0. The van der Waals surface area contributed by atoms with Gasteiger partial charge < -0.3 is 8.83 Å². The fraction of sp³-hybridized carbons (Fsp3) is 0.0500. The lowest BCUT2D eigenvalue weighted by molar-refractivity contribution is 0.451. The van der Waals surface area contributed by atoms with E-state index < -0.39 is 9.84 Å². The number of benzene rings is 2. The highest BCUT2D eigenvalue weighted by Crippen LogP contribution is 2.37. The highest BCUT2D eigenvalue weighted by molar-refractivity contribution is 7.99. The van der Waals surface area contributed by atoms with Crippen LogP contribution in [0.25, 0.3) is 11.7 Å². The Morgan fingerprint density at radius 2 is 1.71 bits per heavy atom. The predicted molar refractivity (Wildman–Crippen MR) is 107 cm³/mol. The molecule has 0 aliphatic heterocycles. The summed E-state index contributed by atoms with van der Waals surface area (Å²) in [5.41, 5.74) is 0.869. The number of hydrogen-bond acceptors (Lipinski definition) is 6. The second kappa shape index (κ2) is 7.87. The van der Waals surface area contributed by atoms with E-state index in [1.54, 1.807) is 36.4 Å². The zero-order valence-electron chi connectivity index (χ0n) is 14.4. The van der Waals surface area contributed by atoms with Crippen LogP contribution < -0.4 is 0 Å². The summed E-state index contributed by atoms with van der Waals surface area (Å²) >= 11 is 7.43. The summed E-state index contributed by atoms with van der Waals surface area (Å²) in [7, 11) is -3.85. The van der Waals surface area contributed by atoms with Crippen LogP contribution in [0.4, 0.5) is 0 Å². The van der Waals surface area contributed by atoms with Crippen LogP contribution in [0.1, 0.15) is 5.56 Å². The first-order valence-corrected chi connectivity index (χ1v) is 11.1. The van der Waals surface area contributed by atoms with E-state index in [0.29, 0.717) is 16.5 Å². The number of nitrogens with zero attached hydrogens (tertiary/aromatic N) is 1. The molecule has 2 heterocycles. The molecule has 0 saturated carbocycles.